The predicted molar refractivity (Wildman–Crippen MR) is 152 cm³/mol. The van der Waals surface area contributed by atoms with E-state index >= 15 is 0 Å². The molecule has 4 atom stereocenters. The van der Waals surface area contributed by atoms with E-state index in [1.807, 2.05) is 6.92 Å². The number of carbonyl (C=O) groups excluding carboxylic acids is 1. The summed E-state index contributed by atoms with van der Waals surface area (Å²) in [6, 6.07) is 21.4. The van der Waals surface area contributed by atoms with Gasteiger partial charge in [-0.1, -0.05) is 101 Å². The number of rotatable bonds is 7. The smallest absolute Gasteiger partial charge is 0.315 e. The maximum absolute atomic E-state index is 12.8. The summed E-state index contributed by atoms with van der Waals surface area (Å²) in [5, 5.41) is 14.2. The molecule has 2 fully saturated rings. The van der Waals surface area contributed by atoms with Crippen LogP contribution in [0.4, 0.5) is 0 Å². The summed E-state index contributed by atoms with van der Waals surface area (Å²) in [5.41, 5.74) is -1.38. The van der Waals surface area contributed by atoms with Crippen LogP contribution in [0.25, 0.3) is 0 Å². The predicted octanol–water partition coefficient (Wildman–Crippen LogP) is 5.63. The Balaban J connectivity index is 1.66. The monoisotopic (exact) mass is 520 g/mol. The number of benzene rings is 2. The zero-order valence-electron chi connectivity index (χ0n) is 23.5. The van der Waals surface area contributed by atoms with Crippen molar-refractivity contribution < 1.29 is 19.1 Å². The third kappa shape index (κ3) is 4.23. The number of carbonyl (C=O) groups is 1. The molecule has 2 aromatic carbocycles. The zero-order valence-corrected chi connectivity index (χ0v) is 24.5. The van der Waals surface area contributed by atoms with Gasteiger partial charge in [0, 0.05) is 12.0 Å². The van der Waals surface area contributed by atoms with Crippen LogP contribution in [0.5, 0.6) is 0 Å². The molecule has 1 N–H and O–H groups in total. The van der Waals surface area contributed by atoms with Crippen molar-refractivity contribution in [2.75, 3.05) is 13.7 Å². The van der Waals surface area contributed by atoms with Crippen LogP contribution in [0, 0.1) is 16.7 Å². The minimum atomic E-state index is -2.64. The van der Waals surface area contributed by atoms with Gasteiger partial charge in [-0.15, -0.1) is 0 Å². The van der Waals surface area contributed by atoms with Gasteiger partial charge in [0.15, 0.2) is 0 Å². The number of hydrogen-bond donors (Lipinski definition) is 1. The lowest BCUT2D eigenvalue weighted by molar-refractivity contribution is -0.158. The summed E-state index contributed by atoms with van der Waals surface area (Å²) < 4.78 is 12.4. The van der Waals surface area contributed by atoms with Crippen LogP contribution in [0.1, 0.15) is 66.7 Å². The molecule has 4 nitrogen and oxygen atoms in total. The lowest BCUT2D eigenvalue weighted by atomic mass is 9.52. The van der Waals surface area contributed by atoms with Gasteiger partial charge in [-0.05, 0) is 60.4 Å². The van der Waals surface area contributed by atoms with E-state index in [9.17, 15) is 9.90 Å². The van der Waals surface area contributed by atoms with Gasteiger partial charge in [-0.2, -0.15) is 0 Å². The first-order valence-electron chi connectivity index (χ1n) is 13.6. The average Bonchev–Trinajstić information content (AvgIpc) is 3.15. The molecule has 37 heavy (non-hydrogen) atoms. The Morgan fingerprint density at radius 1 is 1.00 bits per heavy atom. The Kier molecular flexibility index (Phi) is 7.39. The molecular formula is C32H44O4Si. The van der Waals surface area contributed by atoms with Gasteiger partial charge in [0.1, 0.15) is 0 Å². The van der Waals surface area contributed by atoms with Crippen LogP contribution in [0.2, 0.25) is 5.04 Å². The molecule has 2 saturated carbocycles. The highest BCUT2D eigenvalue weighted by atomic mass is 28.4. The molecular weight excluding hydrogens is 476 g/mol. The normalized spacial score (nSPS) is 30.1. The highest BCUT2D eigenvalue weighted by Crippen LogP contribution is 2.65. The van der Waals surface area contributed by atoms with Crippen molar-refractivity contribution in [1.82, 2.24) is 0 Å². The minimum absolute atomic E-state index is 0.0894. The molecule has 0 radical (unpaired) electrons. The van der Waals surface area contributed by atoms with Gasteiger partial charge in [-0.25, -0.2) is 0 Å². The molecule has 0 bridgehead atoms. The topological polar surface area (TPSA) is 55.8 Å². The molecule has 0 amide bonds. The van der Waals surface area contributed by atoms with Crippen LogP contribution < -0.4 is 10.4 Å². The lowest BCUT2D eigenvalue weighted by Gasteiger charge is -2.54. The molecule has 2 aliphatic rings. The van der Waals surface area contributed by atoms with Gasteiger partial charge in [0.2, 0.25) is 0 Å². The van der Waals surface area contributed by atoms with E-state index in [-0.39, 0.29) is 16.9 Å². The number of ether oxygens (including phenoxy) is 1. The molecule has 0 unspecified atom stereocenters. The van der Waals surface area contributed by atoms with Gasteiger partial charge in [-0.3, -0.25) is 4.79 Å². The Bertz CT molecular complexity index is 1080. The third-order valence-electron chi connectivity index (χ3n) is 9.86. The van der Waals surface area contributed by atoms with Crippen LogP contribution in [0.3, 0.4) is 0 Å². The Labute approximate surface area is 224 Å². The molecule has 0 heterocycles. The second kappa shape index (κ2) is 9.83. The third-order valence-corrected chi connectivity index (χ3v) is 14.9. The standard InChI is InChI=1S/C32H44O4Si/c1-24-30(5,28(33)35-7)21-22-32(34)20-18-25(31(24,32)6)19-23-36-37(29(2,3)4,26-14-10-8-11-15-26)27-16-12-9-13-17-27/h8-17,25,34H,1,18-23H2,2-7H3/t25-,30-,31-,32+/m0/s1. The summed E-state index contributed by atoms with van der Waals surface area (Å²) >= 11 is 0. The molecule has 2 aliphatic carbocycles. The van der Waals surface area contributed by atoms with Crippen molar-refractivity contribution in [1.29, 1.82) is 0 Å². The van der Waals surface area contributed by atoms with Crippen LogP contribution in [-0.2, 0) is 14.0 Å². The van der Waals surface area contributed by atoms with Gasteiger partial charge in [0.05, 0.1) is 18.1 Å². The summed E-state index contributed by atoms with van der Waals surface area (Å²) in [5.74, 6) is -0.0810. The van der Waals surface area contributed by atoms with Crippen molar-refractivity contribution in [3.05, 3.63) is 72.8 Å². The molecule has 2 aromatic rings. The van der Waals surface area contributed by atoms with E-state index in [4.69, 9.17) is 9.16 Å². The average molecular weight is 521 g/mol. The fourth-order valence-electron chi connectivity index (χ4n) is 7.43. The van der Waals surface area contributed by atoms with E-state index in [0.717, 1.165) is 24.8 Å². The summed E-state index contributed by atoms with van der Waals surface area (Å²) in [6.45, 7) is 16.0. The number of fused-ring (bicyclic) bond motifs is 1. The highest BCUT2D eigenvalue weighted by Gasteiger charge is 2.65. The van der Waals surface area contributed by atoms with Crippen molar-refractivity contribution in [2.24, 2.45) is 16.7 Å². The molecule has 0 aromatic heterocycles. The highest BCUT2D eigenvalue weighted by molar-refractivity contribution is 6.99. The SMILES string of the molecule is C=C1[C@@](C)(C(=O)OC)CC[C@]2(O)CC[C@@H](CCO[Si](c3ccccc3)(c3ccccc3)C(C)(C)C)[C@]12C. The second-order valence-electron chi connectivity index (χ2n) is 12.6. The number of hydrogen-bond acceptors (Lipinski definition) is 4. The van der Waals surface area contributed by atoms with E-state index < -0.39 is 24.7 Å². The van der Waals surface area contributed by atoms with Crippen LogP contribution in [0.15, 0.2) is 72.8 Å². The second-order valence-corrected chi connectivity index (χ2v) is 16.9. The number of esters is 1. The molecule has 0 spiro atoms. The van der Waals surface area contributed by atoms with Crippen molar-refractivity contribution in [2.45, 2.75) is 77.4 Å². The maximum Gasteiger partial charge on any atom is 0.315 e. The van der Waals surface area contributed by atoms with Crippen molar-refractivity contribution in [3.8, 4) is 0 Å². The Morgan fingerprint density at radius 2 is 1.54 bits per heavy atom. The zero-order chi connectivity index (χ0) is 27.1. The van der Waals surface area contributed by atoms with Crippen molar-refractivity contribution in [3.63, 3.8) is 0 Å². The number of methoxy groups -OCH3 is 1. The van der Waals surface area contributed by atoms with Crippen LogP contribution in [-0.4, -0.2) is 38.7 Å². The van der Waals surface area contributed by atoms with Gasteiger partial charge >= 0.3 is 5.97 Å². The number of aliphatic hydroxyl groups is 1. The summed E-state index contributed by atoms with van der Waals surface area (Å²) in [6.07, 6.45) is 3.58. The Hall–Kier alpha value is -2.21. The van der Waals surface area contributed by atoms with Crippen molar-refractivity contribution >= 4 is 24.7 Å². The minimum Gasteiger partial charge on any atom is -0.468 e. The lowest BCUT2D eigenvalue weighted by Crippen LogP contribution is -2.66. The van der Waals surface area contributed by atoms with E-state index in [2.05, 4.69) is 94.9 Å². The fraction of sp³-hybridized carbons (Fsp3) is 0.531. The maximum atomic E-state index is 12.8. The van der Waals surface area contributed by atoms with Gasteiger partial charge in [0.25, 0.3) is 8.32 Å². The molecule has 0 saturated heterocycles. The largest absolute Gasteiger partial charge is 0.468 e. The first-order chi connectivity index (χ1) is 17.4. The van der Waals surface area contributed by atoms with E-state index in [0.29, 0.717) is 19.4 Å². The quantitative estimate of drug-likeness (QED) is 0.292. The summed E-state index contributed by atoms with van der Waals surface area (Å²) in [7, 11) is -1.20. The van der Waals surface area contributed by atoms with E-state index in [1.165, 1.54) is 17.5 Å². The Morgan fingerprint density at radius 3 is 2.03 bits per heavy atom. The van der Waals surface area contributed by atoms with Gasteiger partial charge < -0.3 is 14.3 Å². The van der Waals surface area contributed by atoms with Crippen LogP contribution >= 0.6 is 0 Å². The summed E-state index contributed by atoms with van der Waals surface area (Å²) in [4.78, 5) is 12.8. The first-order valence-corrected chi connectivity index (χ1v) is 15.5. The first kappa shape index (κ1) is 27.8. The fourth-order valence-corrected chi connectivity index (χ4v) is 12.0. The molecule has 4 rings (SSSR count). The molecule has 200 valence electrons. The van der Waals surface area contributed by atoms with E-state index in [1.54, 1.807) is 0 Å². The molecule has 5 heteroatoms. The molecule has 0 aliphatic heterocycles.